The van der Waals surface area contributed by atoms with Crippen molar-refractivity contribution in [2.24, 2.45) is 0 Å². The maximum absolute atomic E-state index is 12.4. The highest BCUT2D eigenvalue weighted by Gasteiger charge is 2.35. The van der Waals surface area contributed by atoms with Gasteiger partial charge in [0.1, 0.15) is 6.04 Å². The Labute approximate surface area is 147 Å². The van der Waals surface area contributed by atoms with Crippen molar-refractivity contribution in [2.75, 3.05) is 27.2 Å². The fraction of sp³-hybridized carbons (Fsp3) is 0.500. The summed E-state index contributed by atoms with van der Waals surface area (Å²) in [4.78, 5) is 25.8. The molecule has 1 heterocycles. The number of carbonyl (C=O) groups excluding carboxylic acids is 2. The fourth-order valence-corrected chi connectivity index (χ4v) is 4.01. The van der Waals surface area contributed by atoms with Crippen LogP contribution in [0, 0.1) is 0 Å². The monoisotopic (exact) mass is 369 g/mol. The number of hydrogen-bond acceptors (Lipinski definition) is 5. The number of likely N-dealkylation sites (N-methyl/N-ethyl adjacent to an activating group) is 1. The molecule has 0 spiro atoms. The van der Waals surface area contributed by atoms with E-state index >= 15 is 0 Å². The molecule has 2 N–H and O–H groups in total. The predicted octanol–water partition coefficient (Wildman–Crippen LogP) is -0.352. The number of sulfonamides is 1. The molecular weight excluding hydrogens is 346 g/mol. The van der Waals surface area contributed by atoms with Gasteiger partial charge >= 0.3 is 0 Å². The van der Waals surface area contributed by atoms with Gasteiger partial charge in [-0.25, -0.2) is 8.42 Å². The highest BCUT2D eigenvalue weighted by molar-refractivity contribution is 7.89. The Morgan fingerprint density at radius 1 is 1.36 bits per heavy atom. The third-order valence-corrected chi connectivity index (χ3v) is 5.84. The van der Waals surface area contributed by atoms with E-state index in [4.69, 9.17) is 0 Å². The molecule has 2 amide bonds. The Kier molecular flexibility index (Phi) is 5.81. The quantitative estimate of drug-likeness (QED) is 0.713. The summed E-state index contributed by atoms with van der Waals surface area (Å²) in [5.74, 6) is -0.739. The van der Waals surface area contributed by atoms with Crippen LogP contribution in [0.4, 0.5) is 0 Å². The molecule has 1 aromatic rings. The Balaban J connectivity index is 2.18. The molecule has 8 nitrogen and oxygen atoms in total. The van der Waals surface area contributed by atoms with Gasteiger partial charge in [-0.2, -0.15) is 4.31 Å². The molecule has 1 saturated heterocycles. The van der Waals surface area contributed by atoms with Gasteiger partial charge in [0.2, 0.25) is 15.9 Å². The lowest BCUT2D eigenvalue weighted by atomic mass is 10.1. The molecule has 1 aromatic carbocycles. The van der Waals surface area contributed by atoms with Crippen molar-refractivity contribution >= 4 is 21.8 Å². The fourth-order valence-electron chi connectivity index (χ4n) is 2.45. The van der Waals surface area contributed by atoms with E-state index in [1.165, 1.54) is 29.2 Å². The van der Waals surface area contributed by atoms with E-state index in [2.05, 4.69) is 5.32 Å². The minimum absolute atomic E-state index is 0.0148. The van der Waals surface area contributed by atoms with Gasteiger partial charge in [-0.1, -0.05) is 13.0 Å². The van der Waals surface area contributed by atoms with Crippen LogP contribution in [-0.2, 0) is 14.8 Å². The second-order valence-corrected chi connectivity index (χ2v) is 8.11. The maximum atomic E-state index is 12.4. The third-order valence-electron chi connectivity index (χ3n) is 4.02. The number of benzene rings is 1. The molecule has 0 bridgehead atoms. The lowest BCUT2D eigenvalue weighted by molar-refractivity contribution is -0.130. The summed E-state index contributed by atoms with van der Waals surface area (Å²) in [6.07, 6.45) is -0.226. The number of amides is 2. The van der Waals surface area contributed by atoms with Gasteiger partial charge in [0, 0.05) is 32.7 Å². The number of aliphatic hydroxyl groups excluding tert-OH is 1. The van der Waals surface area contributed by atoms with Crippen molar-refractivity contribution in [3.63, 3.8) is 0 Å². The topological polar surface area (TPSA) is 107 Å². The number of hydrogen-bond donors (Lipinski definition) is 2. The van der Waals surface area contributed by atoms with Crippen molar-refractivity contribution < 1.29 is 23.1 Å². The number of aliphatic hydroxyl groups is 1. The van der Waals surface area contributed by atoms with E-state index in [0.29, 0.717) is 6.42 Å². The smallest absolute Gasteiger partial charge is 0.251 e. The first-order valence-electron chi connectivity index (χ1n) is 7.97. The molecule has 2 rings (SSSR count). The normalized spacial score (nSPS) is 16.8. The lowest BCUT2D eigenvalue weighted by Gasteiger charge is -2.34. The highest BCUT2D eigenvalue weighted by Crippen LogP contribution is 2.22. The van der Waals surface area contributed by atoms with Crippen molar-refractivity contribution in [1.29, 1.82) is 0 Å². The summed E-state index contributed by atoms with van der Waals surface area (Å²) < 4.78 is 26.0. The van der Waals surface area contributed by atoms with Gasteiger partial charge in [0.15, 0.2) is 0 Å². The zero-order valence-electron chi connectivity index (χ0n) is 14.5. The molecule has 138 valence electrons. The molecule has 25 heavy (non-hydrogen) atoms. The SMILES string of the molecule is CC[C@@H](NC(=O)c1cccc(S(=O)(=O)N2CC(O)C2)c1)C(=O)N(C)C. The number of nitrogens with zero attached hydrogens (tertiary/aromatic N) is 2. The Bertz CT molecular complexity index is 757. The van der Waals surface area contributed by atoms with Crippen LogP contribution in [0.3, 0.4) is 0 Å². The van der Waals surface area contributed by atoms with E-state index in [1.54, 1.807) is 21.0 Å². The molecule has 9 heteroatoms. The van der Waals surface area contributed by atoms with Gasteiger partial charge in [-0.3, -0.25) is 9.59 Å². The van der Waals surface area contributed by atoms with E-state index in [0.717, 1.165) is 4.31 Å². The summed E-state index contributed by atoms with van der Waals surface area (Å²) in [6, 6.07) is 4.98. The Hall–Kier alpha value is -1.97. The third kappa shape index (κ3) is 4.17. The van der Waals surface area contributed by atoms with E-state index < -0.39 is 28.1 Å². The van der Waals surface area contributed by atoms with Crippen LogP contribution in [0.15, 0.2) is 29.2 Å². The summed E-state index contributed by atoms with van der Waals surface area (Å²) in [6.45, 7) is 1.88. The molecule has 1 atom stereocenters. The number of rotatable bonds is 6. The molecule has 0 aromatic heterocycles. The lowest BCUT2D eigenvalue weighted by Crippen LogP contribution is -2.53. The number of carbonyl (C=O) groups is 2. The summed E-state index contributed by atoms with van der Waals surface area (Å²) in [5, 5.41) is 11.9. The molecule has 0 unspecified atom stereocenters. The van der Waals surface area contributed by atoms with E-state index in [9.17, 15) is 23.1 Å². The van der Waals surface area contributed by atoms with Gasteiger partial charge in [0.05, 0.1) is 11.0 Å². The van der Waals surface area contributed by atoms with Crippen LogP contribution in [0.5, 0.6) is 0 Å². The minimum atomic E-state index is -3.74. The van der Waals surface area contributed by atoms with Crippen molar-refractivity contribution in [3.05, 3.63) is 29.8 Å². The van der Waals surface area contributed by atoms with Crippen LogP contribution >= 0.6 is 0 Å². The van der Waals surface area contributed by atoms with Crippen LogP contribution in [0.1, 0.15) is 23.7 Å². The molecular formula is C16H23N3O5S. The average molecular weight is 369 g/mol. The van der Waals surface area contributed by atoms with E-state index in [1.807, 2.05) is 0 Å². The first-order valence-corrected chi connectivity index (χ1v) is 9.41. The molecule has 0 radical (unpaired) electrons. The summed E-state index contributed by atoms with van der Waals surface area (Å²) in [7, 11) is -0.531. The standard InChI is InChI=1S/C16H23N3O5S/c1-4-14(16(22)18(2)3)17-15(21)11-6-5-7-13(8-11)25(23,24)19-9-12(20)10-19/h5-8,12,14,20H,4,9-10H2,1-3H3,(H,17,21)/t14-/m1/s1. The summed E-state index contributed by atoms with van der Waals surface area (Å²) in [5.41, 5.74) is 0.159. The second kappa shape index (κ2) is 7.51. The molecule has 1 aliphatic heterocycles. The van der Waals surface area contributed by atoms with Gasteiger partial charge in [-0.15, -0.1) is 0 Å². The van der Waals surface area contributed by atoms with Crippen molar-refractivity contribution in [3.8, 4) is 0 Å². The van der Waals surface area contributed by atoms with Crippen molar-refractivity contribution in [2.45, 2.75) is 30.4 Å². The number of β-amino-alcohol motifs (C(OH)–C–C–N with tert-alkyl or cyclic N) is 1. The van der Waals surface area contributed by atoms with E-state index in [-0.39, 0.29) is 29.5 Å². The number of nitrogens with one attached hydrogen (secondary N) is 1. The zero-order chi connectivity index (χ0) is 18.8. The summed E-state index contributed by atoms with van der Waals surface area (Å²) >= 11 is 0. The molecule has 1 aliphatic rings. The Morgan fingerprint density at radius 2 is 2.00 bits per heavy atom. The Morgan fingerprint density at radius 3 is 2.52 bits per heavy atom. The molecule has 0 aliphatic carbocycles. The average Bonchev–Trinajstić information content (AvgIpc) is 2.55. The largest absolute Gasteiger partial charge is 0.390 e. The van der Waals surface area contributed by atoms with Gasteiger partial charge in [0.25, 0.3) is 5.91 Å². The van der Waals surface area contributed by atoms with Crippen LogP contribution in [-0.4, -0.2) is 73.9 Å². The van der Waals surface area contributed by atoms with Crippen LogP contribution in [0.25, 0.3) is 0 Å². The van der Waals surface area contributed by atoms with Crippen molar-refractivity contribution in [1.82, 2.24) is 14.5 Å². The first-order chi connectivity index (χ1) is 11.7. The molecule has 1 fully saturated rings. The van der Waals surface area contributed by atoms with Gasteiger partial charge in [-0.05, 0) is 24.6 Å². The molecule has 0 saturated carbocycles. The predicted molar refractivity (Wildman–Crippen MR) is 91.4 cm³/mol. The second-order valence-electron chi connectivity index (χ2n) is 6.17. The maximum Gasteiger partial charge on any atom is 0.251 e. The zero-order valence-corrected chi connectivity index (χ0v) is 15.3. The highest BCUT2D eigenvalue weighted by atomic mass is 32.2. The first kappa shape index (κ1) is 19.4. The van der Waals surface area contributed by atoms with Crippen LogP contribution in [0.2, 0.25) is 0 Å². The van der Waals surface area contributed by atoms with Gasteiger partial charge < -0.3 is 15.3 Å². The van der Waals surface area contributed by atoms with Crippen LogP contribution < -0.4 is 5.32 Å². The minimum Gasteiger partial charge on any atom is -0.390 e.